The monoisotopic (exact) mass is 384 g/mol. The van der Waals surface area contributed by atoms with Crippen molar-refractivity contribution in [1.29, 1.82) is 0 Å². The van der Waals surface area contributed by atoms with Gasteiger partial charge >= 0.3 is 5.97 Å². The number of thioether (sulfide) groups is 1. The van der Waals surface area contributed by atoms with E-state index in [-0.39, 0.29) is 6.54 Å². The second-order valence-corrected chi connectivity index (χ2v) is 7.24. The van der Waals surface area contributed by atoms with Crippen molar-refractivity contribution in [2.45, 2.75) is 20.4 Å². The quantitative estimate of drug-likeness (QED) is 0.584. The third-order valence-corrected chi connectivity index (χ3v) is 5.38. The Morgan fingerprint density at radius 2 is 1.89 bits per heavy atom. The van der Waals surface area contributed by atoms with Gasteiger partial charge in [-0.05, 0) is 48.9 Å². The molecule has 7 heteroatoms. The molecule has 0 spiro atoms. The lowest BCUT2D eigenvalue weighted by Crippen LogP contribution is -2.34. The van der Waals surface area contributed by atoms with E-state index in [0.717, 1.165) is 40.2 Å². The maximum absolute atomic E-state index is 12.5. The van der Waals surface area contributed by atoms with Crippen LogP contribution in [0.5, 0.6) is 0 Å². The molecule has 6 nitrogen and oxygen atoms in total. The summed E-state index contributed by atoms with van der Waals surface area (Å²) in [7, 11) is 1.22. The first-order valence-electron chi connectivity index (χ1n) is 8.43. The number of aromatic nitrogens is 1. The molecule has 0 atom stereocenters. The molecule has 1 fully saturated rings. The Hall–Kier alpha value is -2.80. The lowest BCUT2D eigenvalue weighted by Gasteiger charge is -2.10. The van der Waals surface area contributed by atoms with Crippen molar-refractivity contribution >= 4 is 35.0 Å². The molecule has 0 unspecified atom stereocenters. The number of imide groups is 1. The van der Waals surface area contributed by atoms with Gasteiger partial charge in [0.25, 0.3) is 11.1 Å². The first kappa shape index (κ1) is 19.0. The number of nitrogens with zero attached hydrogens (tertiary/aromatic N) is 2. The number of ether oxygens (including phenoxy) is 1. The third kappa shape index (κ3) is 3.98. The van der Waals surface area contributed by atoms with E-state index in [1.165, 1.54) is 12.7 Å². The van der Waals surface area contributed by atoms with E-state index >= 15 is 0 Å². The summed E-state index contributed by atoms with van der Waals surface area (Å²) in [4.78, 5) is 37.1. The van der Waals surface area contributed by atoms with Crippen LogP contribution < -0.4 is 0 Å². The molecule has 0 aliphatic carbocycles. The molecule has 140 valence electrons. The van der Waals surface area contributed by atoms with Gasteiger partial charge in [0.1, 0.15) is 6.54 Å². The topological polar surface area (TPSA) is 68.6 Å². The molecule has 3 rings (SSSR count). The van der Waals surface area contributed by atoms with Crippen LogP contribution in [0.1, 0.15) is 22.5 Å². The highest BCUT2D eigenvalue weighted by Crippen LogP contribution is 2.33. The first-order chi connectivity index (χ1) is 12.9. The van der Waals surface area contributed by atoms with Crippen LogP contribution in [-0.2, 0) is 20.9 Å². The fourth-order valence-corrected chi connectivity index (χ4v) is 3.78. The molecule has 0 radical (unpaired) electrons. The number of methoxy groups -OCH3 is 1. The largest absolute Gasteiger partial charge is 0.468 e. The predicted octanol–water partition coefficient (Wildman–Crippen LogP) is 3.36. The summed E-state index contributed by atoms with van der Waals surface area (Å²) >= 11 is 0.838. The molecule has 1 aromatic heterocycles. The standard InChI is InChI=1S/C20H20N2O4S/c1-13-9-16(14(2)21(13)11-15-7-5-4-6-8-15)10-17-19(24)22(20(25)27-17)12-18(23)26-3/h4-10H,11-12H2,1-3H3/b17-10-. The molecule has 1 aromatic carbocycles. The van der Waals surface area contributed by atoms with Crippen LogP contribution in [0.3, 0.4) is 0 Å². The van der Waals surface area contributed by atoms with E-state index < -0.39 is 17.1 Å². The summed E-state index contributed by atoms with van der Waals surface area (Å²) in [6.07, 6.45) is 1.71. The normalized spacial score (nSPS) is 15.7. The number of esters is 1. The van der Waals surface area contributed by atoms with E-state index in [1.807, 2.05) is 38.1 Å². The number of aryl methyl sites for hydroxylation is 1. The fraction of sp³-hybridized carbons (Fsp3) is 0.250. The Balaban J connectivity index is 1.85. The van der Waals surface area contributed by atoms with Crippen molar-refractivity contribution < 1.29 is 19.1 Å². The highest BCUT2D eigenvalue weighted by molar-refractivity contribution is 8.18. The molecule has 2 heterocycles. The molecule has 1 saturated heterocycles. The lowest BCUT2D eigenvalue weighted by molar-refractivity contribution is -0.143. The van der Waals surface area contributed by atoms with Gasteiger partial charge < -0.3 is 9.30 Å². The second kappa shape index (κ2) is 7.84. The Bertz CT molecular complexity index is 931. The zero-order valence-electron chi connectivity index (χ0n) is 15.4. The number of carbonyl (C=O) groups excluding carboxylic acids is 3. The Labute approximate surface area is 161 Å². The number of rotatable bonds is 5. The van der Waals surface area contributed by atoms with Gasteiger partial charge in [-0.15, -0.1) is 0 Å². The van der Waals surface area contributed by atoms with Gasteiger partial charge in [-0.3, -0.25) is 19.3 Å². The van der Waals surface area contributed by atoms with Crippen LogP contribution >= 0.6 is 11.8 Å². The van der Waals surface area contributed by atoms with Crippen LogP contribution in [0, 0.1) is 13.8 Å². The highest BCUT2D eigenvalue weighted by atomic mass is 32.2. The maximum Gasteiger partial charge on any atom is 0.325 e. The van der Waals surface area contributed by atoms with Crippen LogP contribution in [0.2, 0.25) is 0 Å². The summed E-state index contributed by atoms with van der Waals surface area (Å²) in [5.41, 5.74) is 4.14. The fourth-order valence-electron chi connectivity index (χ4n) is 2.95. The zero-order valence-corrected chi connectivity index (χ0v) is 16.2. The summed E-state index contributed by atoms with van der Waals surface area (Å²) in [5, 5.41) is -0.463. The molecule has 27 heavy (non-hydrogen) atoms. The van der Waals surface area contributed by atoms with Crippen LogP contribution in [0.4, 0.5) is 4.79 Å². The number of carbonyl (C=O) groups is 3. The van der Waals surface area contributed by atoms with Gasteiger partial charge in [-0.1, -0.05) is 30.3 Å². The first-order valence-corrected chi connectivity index (χ1v) is 9.25. The summed E-state index contributed by atoms with van der Waals surface area (Å²) < 4.78 is 6.71. The van der Waals surface area contributed by atoms with E-state index in [9.17, 15) is 14.4 Å². The van der Waals surface area contributed by atoms with Crippen molar-refractivity contribution in [2.75, 3.05) is 13.7 Å². The molecule has 0 saturated carbocycles. The molecule has 1 aliphatic heterocycles. The van der Waals surface area contributed by atoms with E-state index in [1.54, 1.807) is 6.08 Å². The predicted molar refractivity (Wildman–Crippen MR) is 104 cm³/mol. The summed E-state index contributed by atoms with van der Waals surface area (Å²) in [5.74, 6) is -1.09. The van der Waals surface area contributed by atoms with E-state index in [2.05, 4.69) is 21.4 Å². The Morgan fingerprint density at radius 3 is 2.56 bits per heavy atom. The average molecular weight is 384 g/mol. The highest BCUT2D eigenvalue weighted by Gasteiger charge is 2.36. The number of hydrogen-bond acceptors (Lipinski definition) is 5. The molecular weight excluding hydrogens is 364 g/mol. The second-order valence-electron chi connectivity index (χ2n) is 6.24. The SMILES string of the molecule is COC(=O)CN1C(=O)S/C(=C\c2cc(C)n(Cc3ccccc3)c2C)C1=O. The molecule has 2 aromatic rings. The Kier molecular flexibility index (Phi) is 5.51. The van der Waals surface area contributed by atoms with Gasteiger partial charge in [0, 0.05) is 17.9 Å². The smallest absolute Gasteiger partial charge is 0.325 e. The minimum Gasteiger partial charge on any atom is -0.468 e. The van der Waals surface area contributed by atoms with E-state index in [0.29, 0.717) is 4.91 Å². The molecular formula is C20H20N2O4S. The molecule has 2 amide bonds. The van der Waals surface area contributed by atoms with E-state index in [4.69, 9.17) is 0 Å². The van der Waals surface area contributed by atoms with Crippen molar-refractivity contribution in [3.05, 3.63) is 63.8 Å². The van der Waals surface area contributed by atoms with Gasteiger partial charge in [-0.2, -0.15) is 0 Å². The van der Waals surface area contributed by atoms with Crippen molar-refractivity contribution in [1.82, 2.24) is 9.47 Å². The summed E-state index contributed by atoms with van der Waals surface area (Å²) in [6.45, 7) is 4.36. The van der Waals surface area contributed by atoms with Crippen LogP contribution in [0.15, 0.2) is 41.3 Å². The number of amides is 2. The molecule has 1 aliphatic rings. The van der Waals surface area contributed by atoms with Crippen molar-refractivity contribution in [3.8, 4) is 0 Å². The van der Waals surface area contributed by atoms with Gasteiger partial charge in [-0.25, -0.2) is 0 Å². The van der Waals surface area contributed by atoms with Crippen molar-refractivity contribution in [2.24, 2.45) is 0 Å². The minimum atomic E-state index is -0.625. The molecule has 0 bridgehead atoms. The van der Waals surface area contributed by atoms with Crippen molar-refractivity contribution in [3.63, 3.8) is 0 Å². The van der Waals surface area contributed by atoms with Crippen LogP contribution in [0.25, 0.3) is 6.08 Å². The van der Waals surface area contributed by atoms with Gasteiger partial charge in [0.15, 0.2) is 0 Å². The third-order valence-electron chi connectivity index (χ3n) is 4.47. The summed E-state index contributed by atoms with van der Waals surface area (Å²) in [6, 6.07) is 12.1. The minimum absolute atomic E-state index is 0.309. The lowest BCUT2D eigenvalue weighted by atomic mass is 10.2. The molecule has 0 N–H and O–H groups in total. The number of hydrogen-bond donors (Lipinski definition) is 0. The van der Waals surface area contributed by atoms with Gasteiger partial charge in [0.05, 0.1) is 12.0 Å². The number of benzene rings is 1. The maximum atomic E-state index is 12.5. The Morgan fingerprint density at radius 1 is 1.19 bits per heavy atom. The average Bonchev–Trinajstić information content (AvgIpc) is 3.07. The van der Waals surface area contributed by atoms with Crippen LogP contribution in [-0.4, -0.2) is 40.2 Å². The zero-order chi connectivity index (χ0) is 19.6. The van der Waals surface area contributed by atoms with Gasteiger partial charge in [0.2, 0.25) is 0 Å².